The van der Waals surface area contributed by atoms with Crippen LogP contribution in [0.2, 0.25) is 0 Å². The van der Waals surface area contributed by atoms with Gasteiger partial charge in [0.1, 0.15) is 0 Å². The molecule has 164 valence electrons. The van der Waals surface area contributed by atoms with Crippen molar-refractivity contribution in [2.45, 2.75) is 18.9 Å². The van der Waals surface area contributed by atoms with Crippen LogP contribution in [0.3, 0.4) is 0 Å². The number of thiophene rings is 1. The predicted molar refractivity (Wildman–Crippen MR) is 132 cm³/mol. The van der Waals surface area contributed by atoms with Crippen molar-refractivity contribution in [3.05, 3.63) is 107 Å². The molecule has 0 fully saturated rings. The van der Waals surface area contributed by atoms with Crippen molar-refractivity contribution in [1.82, 2.24) is 4.57 Å². The van der Waals surface area contributed by atoms with E-state index in [9.17, 15) is 9.90 Å². The zero-order chi connectivity index (χ0) is 22.5. The number of aromatic nitrogens is 1. The molecule has 2 aromatic carbocycles. The quantitative estimate of drug-likeness (QED) is 0.488. The van der Waals surface area contributed by atoms with Crippen molar-refractivity contribution in [3.8, 4) is 11.5 Å². The fraction of sp³-hybridized carbons (Fsp3) is 0.154. The summed E-state index contributed by atoms with van der Waals surface area (Å²) in [6.45, 7) is 0. The van der Waals surface area contributed by atoms with Gasteiger partial charge in [0.15, 0.2) is 16.3 Å². The first-order valence-corrected chi connectivity index (χ1v) is 12.4. The molecular weight excluding hydrogens is 452 g/mol. The fourth-order valence-corrected chi connectivity index (χ4v) is 6.52. The van der Waals surface area contributed by atoms with Gasteiger partial charge in [0, 0.05) is 16.0 Å². The van der Waals surface area contributed by atoms with Crippen LogP contribution in [0.5, 0.6) is 11.5 Å². The van der Waals surface area contributed by atoms with Gasteiger partial charge in [-0.05, 0) is 47.6 Å². The summed E-state index contributed by atoms with van der Waals surface area (Å²) in [6, 6.07) is 17.6. The van der Waals surface area contributed by atoms with E-state index in [0.29, 0.717) is 20.6 Å². The minimum absolute atomic E-state index is 0.0221. The lowest BCUT2D eigenvalue weighted by atomic mass is 9.85. The predicted octanol–water partition coefficient (Wildman–Crippen LogP) is 4.09. The number of para-hydroxylation sites is 1. The molecule has 1 aliphatic carbocycles. The third-order valence-electron chi connectivity index (χ3n) is 6.22. The summed E-state index contributed by atoms with van der Waals surface area (Å²) in [5, 5.41) is 12.6. The van der Waals surface area contributed by atoms with E-state index in [1.54, 1.807) is 35.6 Å². The molecule has 1 N–H and O–H groups in total. The van der Waals surface area contributed by atoms with Crippen LogP contribution in [0.4, 0.5) is 0 Å². The summed E-state index contributed by atoms with van der Waals surface area (Å²) in [4.78, 5) is 20.5. The van der Waals surface area contributed by atoms with Crippen molar-refractivity contribution in [2.24, 2.45) is 4.99 Å². The van der Waals surface area contributed by atoms with E-state index in [0.717, 1.165) is 29.0 Å². The van der Waals surface area contributed by atoms with Gasteiger partial charge in [-0.25, -0.2) is 4.99 Å². The Morgan fingerprint density at radius 2 is 2.00 bits per heavy atom. The van der Waals surface area contributed by atoms with E-state index in [1.807, 2.05) is 16.7 Å². The van der Waals surface area contributed by atoms with E-state index in [4.69, 9.17) is 9.73 Å². The second-order valence-electron chi connectivity index (χ2n) is 8.03. The van der Waals surface area contributed by atoms with Gasteiger partial charge in [-0.1, -0.05) is 53.8 Å². The molecule has 4 aromatic rings. The Bertz CT molecular complexity index is 1590. The SMILES string of the molecule is COc1cccc(/C=c2/sc3n(c2=O)C(c2cccs2)C2=C(N=3)c3ccccc3CC2)c1O. The summed E-state index contributed by atoms with van der Waals surface area (Å²) in [6.07, 6.45) is 3.54. The van der Waals surface area contributed by atoms with Crippen LogP contribution < -0.4 is 19.6 Å². The zero-order valence-corrected chi connectivity index (χ0v) is 19.5. The van der Waals surface area contributed by atoms with Crippen LogP contribution in [0.15, 0.2) is 75.3 Å². The van der Waals surface area contributed by atoms with Crippen LogP contribution in [0.25, 0.3) is 11.8 Å². The highest BCUT2D eigenvalue weighted by molar-refractivity contribution is 7.10. The molecule has 0 saturated heterocycles. The van der Waals surface area contributed by atoms with Gasteiger partial charge in [0.05, 0.1) is 23.4 Å². The average Bonchev–Trinajstić information content (AvgIpc) is 3.48. The smallest absolute Gasteiger partial charge is 0.271 e. The number of phenolic OH excluding ortho intramolecular Hbond substituents is 1. The summed E-state index contributed by atoms with van der Waals surface area (Å²) in [5.74, 6) is 0.397. The number of ether oxygens (including phenoxy) is 1. The molecule has 0 saturated carbocycles. The van der Waals surface area contributed by atoms with Gasteiger partial charge in [-0.3, -0.25) is 9.36 Å². The number of benzene rings is 2. The molecule has 0 amide bonds. The first kappa shape index (κ1) is 20.2. The second kappa shape index (κ2) is 7.86. The lowest BCUT2D eigenvalue weighted by Crippen LogP contribution is -2.38. The Labute approximate surface area is 197 Å². The van der Waals surface area contributed by atoms with Crippen molar-refractivity contribution in [1.29, 1.82) is 0 Å². The van der Waals surface area contributed by atoms with Gasteiger partial charge >= 0.3 is 0 Å². The van der Waals surface area contributed by atoms with Gasteiger partial charge in [0.2, 0.25) is 0 Å². The highest BCUT2D eigenvalue weighted by Crippen LogP contribution is 2.42. The van der Waals surface area contributed by atoms with E-state index >= 15 is 0 Å². The number of phenols is 1. The lowest BCUT2D eigenvalue weighted by molar-refractivity contribution is 0.373. The number of nitrogens with zero attached hydrogens (tertiary/aromatic N) is 2. The van der Waals surface area contributed by atoms with Crippen molar-refractivity contribution in [2.75, 3.05) is 7.11 Å². The number of thiazole rings is 1. The van der Waals surface area contributed by atoms with Crippen molar-refractivity contribution >= 4 is 34.4 Å². The maximum atomic E-state index is 13.7. The lowest BCUT2D eigenvalue weighted by Gasteiger charge is -2.30. The third kappa shape index (κ3) is 3.19. The Morgan fingerprint density at radius 3 is 2.82 bits per heavy atom. The standard InChI is InChI=1S/C26H20N2O3S2/c1-31-19-9-4-7-16(24(19)29)14-21-25(30)28-23(20-10-5-13-32-20)18-12-11-15-6-2-3-8-17(15)22(18)27-26(28)33-21/h2-10,13-14,23,29H,11-12H2,1H3/b21-14+. The Morgan fingerprint density at radius 1 is 1.12 bits per heavy atom. The normalized spacial score (nSPS) is 17.2. The fourth-order valence-electron chi connectivity index (χ4n) is 4.68. The van der Waals surface area contributed by atoms with E-state index in [-0.39, 0.29) is 17.4 Å². The number of aromatic hydroxyl groups is 1. The molecule has 2 aliphatic rings. The average molecular weight is 473 g/mol. The first-order valence-electron chi connectivity index (χ1n) is 10.7. The second-order valence-corrected chi connectivity index (χ2v) is 10.0. The molecule has 1 unspecified atom stereocenters. The largest absolute Gasteiger partial charge is 0.504 e. The van der Waals surface area contributed by atoms with Gasteiger partial charge in [-0.2, -0.15) is 0 Å². The molecule has 2 aromatic heterocycles. The van der Waals surface area contributed by atoms with Gasteiger partial charge in [-0.15, -0.1) is 11.3 Å². The Balaban J connectivity index is 1.62. The molecule has 0 bridgehead atoms. The number of aryl methyl sites for hydroxylation is 1. The molecule has 1 aliphatic heterocycles. The number of allylic oxidation sites excluding steroid dienone is 1. The minimum atomic E-state index is -0.161. The molecule has 3 heterocycles. The number of hydrogen-bond acceptors (Lipinski definition) is 6. The minimum Gasteiger partial charge on any atom is -0.504 e. The summed E-state index contributed by atoms with van der Waals surface area (Å²) in [7, 11) is 1.51. The molecule has 0 radical (unpaired) electrons. The number of rotatable bonds is 3. The van der Waals surface area contributed by atoms with E-state index < -0.39 is 0 Å². The molecule has 6 rings (SSSR count). The Kier molecular flexibility index (Phi) is 4.81. The van der Waals surface area contributed by atoms with Crippen molar-refractivity contribution in [3.63, 3.8) is 0 Å². The summed E-state index contributed by atoms with van der Waals surface area (Å²) < 4.78 is 7.58. The molecule has 33 heavy (non-hydrogen) atoms. The van der Waals surface area contributed by atoms with E-state index in [2.05, 4.69) is 29.6 Å². The van der Waals surface area contributed by atoms with Crippen LogP contribution in [-0.2, 0) is 6.42 Å². The number of fused-ring (bicyclic) bond motifs is 3. The highest BCUT2D eigenvalue weighted by atomic mass is 32.1. The topological polar surface area (TPSA) is 63.8 Å². The molecule has 0 spiro atoms. The molecule has 1 atom stereocenters. The zero-order valence-electron chi connectivity index (χ0n) is 17.8. The van der Waals surface area contributed by atoms with Crippen LogP contribution in [0.1, 0.15) is 34.0 Å². The summed E-state index contributed by atoms with van der Waals surface area (Å²) in [5.41, 5.74) is 5.09. The summed E-state index contributed by atoms with van der Waals surface area (Å²) >= 11 is 3.02. The highest BCUT2D eigenvalue weighted by Gasteiger charge is 2.33. The maximum Gasteiger partial charge on any atom is 0.271 e. The number of methoxy groups -OCH3 is 1. The molecule has 7 heteroatoms. The monoisotopic (exact) mass is 472 g/mol. The molecule has 5 nitrogen and oxygen atoms in total. The van der Waals surface area contributed by atoms with Crippen LogP contribution in [-0.4, -0.2) is 16.8 Å². The van der Waals surface area contributed by atoms with Gasteiger partial charge in [0.25, 0.3) is 5.56 Å². The van der Waals surface area contributed by atoms with E-state index in [1.165, 1.54) is 29.6 Å². The maximum absolute atomic E-state index is 13.7. The molecular formula is C26H20N2O3S2. The Hall–Kier alpha value is -3.42. The van der Waals surface area contributed by atoms with Crippen LogP contribution in [0, 0.1) is 0 Å². The third-order valence-corrected chi connectivity index (χ3v) is 8.13. The van der Waals surface area contributed by atoms with Crippen molar-refractivity contribution < 1.29 is 9.84 Å². The van der Waals surface area contributed by atoms with Crippen LogP contribution >= 0.6 is 22.7 Å². The number of hydrogen-bond donors (Lipinski definition) is 1. The van der Waals surface area contributed by atoms with Gasteiger partial charge < -0.3 is 9.84 Å². The first-order chi connectivity index (χ1) is 16.2.